The molecule has 0 spiro atoms. The molecule has 0 aliphatic heterocycles. The van der Waals surface area contributed by atoms with E-state index in [1.54, 1.807) is 0 Å². The fraction of sp³-hybridized carbons (Fsp3) is 0.727. The topological polar surface area (TPSA) is 17.1 Å². The molecule has 1 nitrogen and oxygen atoms in total. The van der Waals surface area contributed by atoms with E-state index < -0.39 is 0 Å². The summed E-state index contributed by atoms with van der Waals surface area (Å²) in [6.45, 7) is 6.20. The summed E-state index contributed by atoms with van der Waals surface area (Å²) in [4.78, 5) is 11.6. The number of hydrogen-bond donors (Lipinski definition) is 0. The zero-order valence-electron chi connectivity index (χ0n) is 8.31. The van der Waals surface area contributed by atoms with Gasteiger partial charge in [-0.25, -0.2) is 0 Å². The molecule has 0 saturated heterocycles. The van der Waals surface area contributed by atoms with Gasteiger partial charge < -0.3 is 0 Å². The van der Waals surface area contributed by atoms with Gasteiger partial charge in [0.25, 0.3) is 0 Å². The molecular weight excluding hydrogens is 148 g/mol. The number of carbonyl (C=O) groups excluding carboxylic acids is 1. The number of carbonyl (C=O) groups is 1. The van der Waals surface area contributed by atoms with Crippen LogP contribution in [0.3, 0.4) is 0 Å². The molecule has 0 amide bonds. The van der Waals surface area contributed by atoms with E-state index in [0.29, 0.717) is 5.78 Å². The van der Waals surface area contributed by atoms with E-state index in [9.17, 15) is 4.79 Å². The van der Waals surface area contributed by atoms with Gasteiger partial charge in [0.05, 0.1) is 0 Å². The van der Waals surface area contributed by atoms with Gasteiger partial charge in [-0.15, -0.1) is 0 Å². The molecule has 0 radical (unpaired) electrons. The molecule has 1 heteroatoms. The van der Waals surface area contributed by atoms with Crippen molar-refractivity contribution in [1.82, 2.24) is 0 Å². The van der Waals surface area contributed by atoms with Crippen LogP contribution in [0.15, 0.2) is 11.6 Å². The first-order valence-corrected chi connectivity index (χ1v) is 4.74. The summed E-state index contributed by atoms with van der Waals surface area (Å²) >= 11 is 0. The summed E-state index contributed by atoms with van der Waals surface area (Å²) in [5.74, 6) is 0.426. The maximum absolute atomic E-state index is 11.6. The van der Waals surface area contributed by atoms with Crippen LogP contribution in [0.25, 0.3) is 0 Å². The van der Waals surface area contributed by atoms with Crippen LogP contribution >= 0.6 is 0 Å². The highest BCUT2D eigenvalue weighted by molar-refractivity contribution is 5.87. The van der Waals surface area contributed by atoms with Crippen molar-refractivity contribution in [3.8, 4) is 0 Å². The van der Waals surface area contributed by atoms with Crippen LogP contribution in [0, 0.1) is 5.41 Å². The highest BCUT2D eigenvalue weighted by Gasteiger charge is 2.32. The molecule has 0 aromatic rings. The van der Waals surface area contributed by atoms with E-state index in [2.05, 4.69) is 26.8 Å². The third kappa shape index (κ3) is 1.96. The van der Waals surface area contributed by atoms with Crippen LogP contribution in [-0.4, -0.2) is 5.78 Å². The van der Waals surface area contributed by atoms with Crippen LogP contribution < -0.4 is 0 Å². The number of Topliss-reactive ketones (excluding diaryl/α,β-unsaturated/α-hetero) is 1. The van der Waals surface area contributed by atoms with E-state index in [-0.39, 0.29) is 5.41 Å². The minimum absolute atomic E-state index is 0.142. The number of rotatable bonds is 1. The summed E-state index contributed by atoms with van der Waals surface area (Å²) in [5.41, 5.74) is 1.12. The second-order valence-corrected chi connectivity index (χ2v) is 4.27. The molecule has 12 heavy (non-hydrogen) atoms. The SMILES string of the molecule is CC(C)=C[C@@]1(C)CCCCC1=O. The highest BCUT2D eigenvalue weighted by atomic mass is 16.1. The van der Waals surface area contributed by atoms with Crippen LogP contribution in [-0.2, 0) is 4.79 Å². The van der Waals surface area contributed by atoms with Gasteiger partial charge in [-0.1, -0.05) is 18.1 Å². The first-order chi connectivity index (χ1) is 5.54. The largest absolute Gasteiger partial charge is 0.299 e. The van der Waals surface area contributed by atoms with E-state index >= 15 is 0 Å². The zero-order valence-corrected chi connectivity index (χ0v) is 8.31. The highest BCUT2D eigenvalue weighted by Crippen LogP contribution is 2.34. The van der Waals surface area contributed by atoms with Gasteiger partial charge in [-0.05, 0) is 33.6 Å². The summed E-state index contributed by atoms with van der Waals surface area (Å²) in [6.07, 6.45) is 6.24. The smallest absolute Gasteiger partial charge is 0.142 e. The number of allylic oxidation sites excluding steroid dienone is 2. The van der Waals surface area contributed by atoms with Crippen molar-refractivity contribution in [2.45, 2.75) is 46.5 Å². The molecule has 0 unspecified atom stereocenters. The minimum Gasteiger partial charge on any atom is -0.299 e. The van der Waals surface area contributed by atoms with Crippen LogP contribution in [0.2, 0.25) is 0 Å². The zero-order chi connectivity index (χ0) is 9.19. The van der Waals surface area contributed by atoms with Gasteiger partial charge in [0.15, 0.2) is 0 Å². The Bertz CT molecular complexity index is 211. The molecule has 0 aromatic heterocycles. The van der Waals surface area contributed by atoms with Crippen molar-refractivity contribution in [3.05, 3.63) is 11.6 Å². The minimum atomic E-state index is -0.142. The van der Waals surface area contributed by atoms with Gasteiger partial charge in [0.2, 0.25) is 0 Å². The van der Waals surface area contributed by atoms with E-state index in [1.807, 2.05) is 0 Å². The Hall–Kier alpha value is -0.590. The standard InChI is InChI=1S/C11H18O/c1-9(2)8-11(3)7-5-4-6-10(11)12/h8H,4-7H2,1-3H3/t11-/m1/s1. The summed E-state index contributed by atoms with van der Waals surface area (Å²) in [6, 6.07) is 0. The Balaban J connectivity index is 2.80. The predicted octanol–water partition coefficient (Wildman–Crippen LogP) is 3.10. The summed E-state index contributed by atoms with van der Waals surface area (Å²) in [7, 11) is 0. The quantitative estimate of drug-likeness (QED) is 0.547. The number of ketones is 1. The van der Waals surface area contributed by atoms with E-state index in [4.69, 9.17) is 0 Å². The molecule has 1 rings (SSSR count). The van der Waals surface area contributed by atoms with Gasteiger partial charge in [0.1, 0.15) is 5.78 Å². The molecule has 1 saturated carbocycles. The fourth-order valence-electron chi connectivity index (χ4n) is 1.99. The Morgan fingerprint density at radius 2 is 2.08 bits per heavy atom. The van der Waals surface area contributed by atoms with Crippen molar-refractivity contribution in [2.75, 3.05) is 0 Å². The van der Waals surface area contributed by atoms with Crippen LogP contribution in [0.1, 0.15) is 46.5 Å². The lowest BCUT2D eigenvalue weighted by molar-refractivity contribution is -0.127. The second kappa shape index (κ2) is 3.42. The molecule has 1 atom stereocenters. The van der Waals surface area contributed by atoms with Gasteiger partial charge in [-0.3, -0.25) is 4.79 Å². The molecule has 0 bridgehead atoms. The second-order valence-electron chi connectivity index (χ2n) is 4.27. The maximum atomic E-state index is 11.6. The lowest BCUT2D eigenvalue weighted by Crippen LogP contribution is -2.29. The molecule has 0 heterocycles. The molecule has 1 aliphatic rings. The normalized spacial score (nSPS) is 30.1. The maximum Gasteiger partial charge on any atom is 0.142 e. The van der Waals surface area contributed by atoms with Gasteiger partial charge >= 0.3 is 0 Å². The fourth-order valence-corrected chi connectivity index (χ4v) is 1.99. The lowest BCUT2D eigenvalue weighted by Gasteiger charge is -2.29. The third-order valence-corrected chi connectivity index (χ3v) is 2.59. The first kappa shape index (κ1) is 9.50. The average Bonchev–Trinajstić information content (AvgIpc) is 1.94. The third-order valence-electron chi connectivity index (χ3n) is 2.59. The van der Waals surface area contributed by atoms with Crippen LogP contribution in [0.4, 0.5) is 0 Å². The van der Waals surface area contributed by atoms with Gasteiger partial charge in [-0.2, -0.15) is 0 Å². The van der Waals surface area contributed by atoms with E-state index in [1.165, 1.54) is 12.0 Å². The Morgan fingerprint density at radius 1 is 1.42 bits per heavy atom. The Labute approximate surface area is 74.9 Å². The lowest BCUT2D eigenvalue weighted by atomic mass is 9.74. The van der Waals surface area contributed by atoms with Crippen LogP contribution in [0.5, 0.6) is 0 Å². The molecule has 0 N–H and O–H groups in total. The molecule has 68 valence electrons. The molecular formula is C11H18O. The van der Waals surface area contributed by atoms with Gasteiger partial charge in [0, 0.05) is 11.8 Å². The average molecular weight is 166 g/mol. The van der Waals surface area contributed by atoms with Crippen molar-refractivity contribution in [3.63, 3.8) is 0 Å². The summed E-state index contributed by atoms with van der Waals surface area (Å²) in [5, 5.41) is 0. The Morgan fingerprint density at radius 3 is 2.58 bits per heavy atom. The molecule has 1 fully saturated rings. The summed E-state index contributed by atoms with van der Waals surface area (Å²) < 4.78 is 0. The Kier molecular flexibility index (Phi) is 2.71. The van der Waals surface area contributed by atoms with Crippen molar-refractivity contribution < 1.29 is 4.79 Å². The molecule has 1 aliphatic carbocycles. The number of hydrogen-bond acceptors (Lipinski definition) is 1. The van der Waals surface area contributed by atoms with Crippen molar-refractivity contribution in [1.29, 1.82) is 0 Å². The van der Waals surface area contributed by atoms with E-state index in [0.717, 1.165) is 19.3 Å². The predicted molar refractivity (Wildman–Crippen MR) is 51.0 cm³/mol. The van der Waals surface area contributed by atoms with Crippen molar-refractivity contribution >= 4 is 5.78 Å². The monoisotopic (exact) mass is 166 g/mol. The van der Waals surface area contributed by atoms with Crippen molar-refractivity contribution in [2.24, 2.45) is 5.41 Å². The first-order valence-electron chi connectivity index (χ1n) is 4.74. The molecule has 0 aromatic carbocycles.